The van der Waals surface area contributed by atoms with E-state index < -0.39 is 17.7 Å². The first-order valence-electron chi connectivity index (χ1n) is 4.91. The number of carboxylic acid groups (broad SMARTS) is 1. The van der Waals surface area contributed by atoms with Crippen molar-refractivity contribution >= 4 is 24.4 Å². The van der Waals surface area contributed by atoms with Gasteiger partial charge in [0.05, 0.1) is 6.61 Å². The Labute approximate surface area is 109 Å². The molecular formula is C9H16N4O4S. The van der Waals surface area contributed by atoms with Gasteiger partial charge < -0.3 is 21.3 Å². The lowest BCUT2D eigenvalue weighted by molar-refractivity contribution is -0.138. The molecule has 0 radical (unpaired) electrons. The molecule has 0 aliphatic rings. The van der Waals surface area contributed by atoms with Gasteiger partial charge in [-0.3, -0.25) is 9.78 Å². The molecule has 1 heterocycles. The van der Waals surface area contributed by atoms with Crippen LogP contribution < -0.4 is 16.7 Å². The van der Waals surface area contributed by atoms with Crippen LogP contribution in [0.1, 0.15) is 5.56 Å². The molecule has 0 bridgehead atoms. The zero-order chi connectivity index (χ0) is 14.1. The largest absolute Gasteiger partial charge is 0.480 e. The van der Waals surface area contributed by atoms with Crippen LogP contribution in [0.2, 0.25) is 0 Å². The van der Waals surface area contributed by atoms with Crippen molar-refractivity contribution in [1.29, 1.82) is 0 Å². The minimum atomic E-state index is -0.859. The first-order valence-corrected chi connectivity index (χ1v) is 5.55. The summed E-state index contributed by atoms with van der Waals surface area (Å²) in [6.45, 7) is -0.213. The average molecular weight is 276 g/mol. The molecule has 8 nitrogen and oxygen atoms in total. The lowest BCUT2D eigenvalue weighted by atomic mass is 10.3. The molecule has 1 rings (SSSR count). The molecule has 1 atom stereocenters. The van der Waals surface area contributed by atoms with Gasteiger partial charge in [0.25, 0.3) is 0 Å². The number of nitrogens with one attached hydrogen (secondary N) is 2. The van der Waals surface area contributed by atoms with Crippen LogP contribution in [-0.2, 0) is 11.4 Å². The minimum absolute atomic E-state index is 0.169. The summed E-state index contributed by atoms with van der Waals surface area (Å²) in [4.78, 5) is 26.1. The van der Waals surface area contributed by atoms with Gasteiger partial charge in [0.2, 0.25) is 0 Å². The van der Waals surface area contributed by atoms with E-state index in [0.29, 0.717) is 11.3 Å². The highest BCUT2D eigenvalue weighted by Crippen LogP contribution is 2.00. The third-order valence-corrected chi connectivity index (χ3v) is 2.29. The maximum absolute atomic E-state index is 10.4. The van der Waals surface area contributed by atoms with Gasteiger partial charge in [-0.05, 0) is 7.05 Å². The molecule has 0 spiro atoms. The molecule has 6 N–H and O–H groups in total. The quantitative estimate of drug-likeness (QED) is 0.365. The van der Waals surface area contributed by atoms with Crippen molar-refractivity contribution in [2.45, 2.75) is 12.6 Å². The molecule has 1 aromatic heterocycles. The molecule has 0 amide bonds. The zero-order valence-electron chi connectivity index (χ0n) is 9.75. The first kappa shape index (κ1) is 16.4. The fraction of sp³-hybridized carbons (Fsp3) is 0.444. The maximum Gasteiger partial charge on any atom is 0.346 e. The van der Waals surface area contributed by atoms with Gasteiger partial charge >= 0.3 is 11.7 Å². The summed E-state index contributed by atoms with van der Waals surface area (Å²) in [6.07, 6.45) is 1.24. The van der Waals surface area contributed by atoms with Crippen LogP contribution in [0.4, 0.5) is 5.82 Å². The van der Waals surface area contributed by atoms with E-state index >= 15 is 0 Å². The summed E-state index contributed by atoms with van der Waals surface area (Å²) in [5, 5.41) is 19.4. The molecule has 18 heavy (non-hydrogen) atoms. The summed E-state index contributed by atoms with van der Waals surface area (Å²) < 4.78 is 0. The summed E-state index contributed by atoms with van der Waals surface area (Å²) in [5.41, 5.74) is 5.20. The maximum atomic E-state index is 10.4. The Bertz CT molecular complexity index is 433. The van der Waals surface area contributed by atoms with E-state index in [1.165, 1.54) is 6.20 Å². The highest BCUT2D eigenvalue weighted by Gasteiger charge is 2.10. The van der Waals surface area contributed by atoms with E-state index in [-0.39, 0.29) is 12.4 Å². The molecule has 102 valence electrons. The average Bonchev–Trinajstić information content (AvgIpc) is 2.31. The molecular weight excluding hydrogens is 260 g/mol. The van der Waals surface area contributed by atoms with Crippen molar-refractivity contribution in [3.8, 4) is 0 Å². The van der Waals surface area contributed by atoms with Gasteiger partial charge in [-0.1, -0.05) is 0 Å². The number of aliphatic carboxylic acids is 1. The summed E-state index contributed by atoms with van der Waals surface area (Å²) >= 11 is 3.79. The van der Waals surface area contributed by atoms with E-state index in [2.05, 4.69) is 27.9 Å². The van der Waals surface area contributed by atoms with Crippen molar-refractivity contribution in [3.05, 3.63) is 22.2 Å². The van der Waals surface area contributed by atoms with Gasteiger partial charge in [-0.15, -0.1) is 0 Å². The lowest BCUT2D eigenvalue weighted by Crippen LogP contribution is -2.35. The van der Waals surface area contributed by atoms with Gasteiger partial charge in [0.1, 0.15) is 11.9 Å². The van der Waals surface area contributed by atoms with Gasteiger partial charge in [0, 0.05) is 17.5 Å². The molecule has 0 saturated heterocycles. The monoisotopic (exact) mass is 276 g/mol. The smallest absolute Gasteiger partial charge is 0.346 e. The predicted octanol–water partition coefficient (Wildman–Crippen LogP) is -1.57. The fourth-order valence-corrected chi connectivity index (χ4v) is 1.19. The number of hydrogen-bond acceptors (Lipinski definition) is 7. The Morgan fingerprint density at radius 1 is 1.72 bits per heavy atom. The topological polar surface area (TPSA) is 141 Å². The molecule has 9 heteroatoms. The Hall–Kier alpha value is -1.58. The van der Waals surface area contributed by atoms with Gasteiger partial charge in [0.15, 0.2) is 0 Å². The second-order valence-electron chi connectivity index (χ2n) is 3.15. The number of nitrogen functional groups attached to an aromatic ring is 1. The van der Waals surface area contributed by atoms with E-state index in [1.807, 2.05) is 0 Å². The highest BCUT2D eigenvalue weighted by atomic mass is 32.1. The molecule has 0 fully saturated rings. The number of aliphatic hydroxyl groups is 1. The molecule has 0 saturated carbocycles. The Balaban J connectivity index is 0.000000331. The summed E-state index contributed by atoms with van der Waals surface area (Å²) in [5.74, 6) is -0.365. The van der Waals surface area contributed by atoms with Crippen LogP contribution in [-0.4, -0.2) is 45.0 Å². The second-order valence-corrected chi connectivity index (χ2v) is 3.51. The Morgan fingerprint density at radius 2 is 2.33 bits per heavy atom. The van der Waals surface area contributed by atoms with Crippen LogP contribution in [0.3, 0.4) is 0 Å². The van der Waals surface area contributed by atoms with Crippen molar-refractivity contribution in [3.63, 3.8) is 0 Å². The minimum Gasteiger partial charge on any atom is -0.480 e. The SMILES string of the molecule is CNC(CS)C(=O)O.Nc1[nH]c(=O)ncc1CO. The zero-order valence-corrected chi connectivity index (χ0v) is 10.6. The number of aromatic amines is 1. The van der Waals surface area contributed by atoms with Gasteiger partial charge in [-0.2, -0.15) is 12.6 Å². The first-order chi connectivity index (χ1) is 8.46. The van der Waals surface area contributed by atoms with E-state index in [1.54, 1.807) is 7.05 Å². The van der Waals surface area contributed by atoms with E-state index in [4.69, 9.17) is 15.9 Å². The van der Waals surface area contributed by atoms with Crippen LogP contribution >= 0.6 is 12.6 Å². The Kier molecular flexibility index (Phi) is 7.76. The number of carboxylic acids is 1. The van der Waals surface area contributed by atoms with Crippen LogP contribution in [0.5, 0.6) is 0 Å². The lowest BCUT2D eigenvalue weighted by Gasteiger charge is -2.04. The number of H-pyrrole nitrogens is 1. The van der Waals surface area contributed by atoms with Crippen LogP contribution in [0, 0.1) is 0 Å². The molecule has 0 aliphatic carbocycles. The fourth-order valence-electron chi connectivity index (χ4n) is 0.853. The van der Waals surface area contributed by atoms with E-state index in [9.17, 15) is 9.59 Å². The number of rotatable bonds is 4. The number of aromatic nitrogens is 2. The predicted molar refractivity (Wildman–Crippen MR) is 69.5 cm³/mol. The summed E-state index contributed by atoms with van der Waals surface area (Å²) in [6, 6.07) is -0.515. The number of nitrogens with zero attached hydrogens (tertiary/aromatic N) is 1. The van der Waals surface area contributed by atoms with Crippen molar-refractivity contribution < 1.29 is 15.0 Å². The number of hydrogen-bond donors (Lipinski definition) is 6. The highest BCUT2D eigenvalue weighted by molar-refractivity contribution is 7.80. The third-order valence-electron chi connectivity index (χ3n) is 1.92. The van der Waals surface area contributed by atoms with Crippen molar-refractivity contribution in [2.24, 2.45) is 0 Å². The number of aliphatic hydroxyl groups excluding tert-OH is 1. The number of carbonyl (C=O) groups is 1. The van der Waals surface area contributed by atoms with E-state index in [0.717, 1.165) is 0 Å². The molecule has 0 aliphatic heterocycles. The molecule has 1 unspecified atom stereocenters. The third kappa shape index (κ3) is 5.66. The second kappa shape index (κ2) is 8.50. The molecule has 0 aromatic carbocycles. The molecule has 1 aromatic rings. The Morgan fingerprint density at radius 3 is 2.61 bits per heavy atom. The normalized spacial score (nSPS) is 11.3. The number of nitrogens with two attached hydrogens (primary N) is 1. The van der Waals surface area contributed by atoms with Crippen molar-refractivity contribution in [2.75, 3.05) is 18.5 Å². The standard InChI is InChI=1S/C5H7N3O2.C4H9NO2S/c6-4-3(2-9)1-7-5(10)8-4;1-5-3(2-8)4(6)7/h1,9H,2H2,(H3,6,7,8,10);3,5,8H,2H2,1H3,(H,6,7). The van der Waals surface area contributed by atoms with Crippen LogP contribution in [0.25, 0.3) is 0 Å². The number of likely N-dealkylation sites (N-methyl/N-ethyl adjacent to an activating group) is 1. The van der Waals surface area contributed by atoms with Crippen LogP contribution in [0.15, 0.2) is 11.0 Å². The van der Waals surface area contributed by atoms with Crippen molar-refractivity contribution in [1.82, 2.24) is 15.3 Å². The number of anilines is 1. The number of thiol groups is 1. The summed E-state index contributed by atoms with van der Waals surface area (Å²) in [7, 11) is 1.59. The van der Waals surface area contributed by atoms with Gasteiger partial charge in [-0.25, -0.2) is 9.78 Å².